The average Bonchev–Trinajstić information content (AvgIpc) is 3.48. The third-order valence-electron chi connectivity index (χ3n) is 3.82. The number of benzene rings is 2. The lowest BCUT2D eigenvalue weighted by atomic mass is 10.1. The number of hydrogen-bond donors (Lipinski definition) is 5. The zero-order valence-electron chi connectivity index (χ0n) is 14.7. The lowest BCUT2D eigenvalue weighted by Gasteiger charge is -2.14. The van der Waals surface area contributed by atoms with Gasteiger partial charge in [-0.2, -0.15) is 13.2 Å². The van der Waals surface area contributed by atoms with E-state index in [2.05, 4.69) is 15.5 Å². The molecule has 7 N–H and O–H groups in total. The summed E-state index contributed by atoms with van der Waals surface area (Å²) in [5.41, 5.74) is 8.49. The third-order valence-corrected chi connectivity index (χ3v) is 3.82. The van der Waals surface area contributed by atoms with Crippen LogP contribution in [0.1, 0.15) is 11.1 Å². The Morgan fingerprint density at radius 2 is 1.82 bits per heavy atom. The number of epoxide rings is 1. The maximum atomic E-state index is 12.9. The minimum absolute atomic E-state index is 0.0321. The van der Waals surface area contributed by atoms with Crippen LogP contribution in [0.5, 0.6) is 0 Å². The molecule has 0 amide bonds. The van der Waals surface area contributed by atoms with Gasteiger partial charge in [-0.1, -0.05) is 24.3 Å². The summed E-state index contributed by atoms with van der Waals surface area (Å²) in [6.07, 6.45) is -4.61. The van der Waals surface area contributed by atoms with E-state index in [-0.39, 0.29) is 11.8 Å². The quantitative estimate of drug-likeness (QED) is 0.287. The molecule has 7 nitrogen and oxygen atoms in total. The van der Waals surface area contributed by atoms with Crippen molar-refractivity contribution in [3.8, 4) is 0 Å². The predicted octanol–water partition coefficient (Wildman–Crippen LogP) is 2.21. The summed E-state index contributed by atoms with van der Waals surface area (Å²) < 4.78 is 43.2. The first kappa shape index (κ1) is 21.6. The van der Waals surface area contributed by atoms with Crippen LogP contribution in [0.25, 0.3) is 0 Å². The number of nitrogens with one attached hydrogen (secondary N) is 2. The number of anilines is 2. The Balaban J connectivity index is 0.000000292. The van der Waals surface area contributed by atoms with Crippen LogP contribution in [-0.4, -0.2) is 29.8 Å². The molecule has 1 aliphatic rings. The molecular weight excluding hydrogens is 377 g/mol. The topological polar surface area (TPSA) is 126 Å². The number of halogens is 3. The van der Waals surface area contributed by atoms with Crippen LogP contribution in [0.2, 0.25) is 0 Å². The molecule has 2 aromatic rings. The van der Waals surface area contributed by atoms with Crippen LogP contribution in [0.15, 0.2) is 48.5 Å². The van der Waals surface area contributed by atoms with Gasteiger partial charge in [0.05, 0.1) is 17.9 Å². The number of carbonyl (C=O) groups is 1. The van der Waals surface area contributed by atoms with E-state index in [9.17, 15) is 18.0 Å². The highest BCUT2D eigenvalue weighted by Crippen LogP contribution is 2.35. The predicted molar refractivity (Wildman–Crippen MR) is 97.5 cm³/mol. The summed E-state index contributed by atoms with van der Waals surface area (Å²) in [4.78, 5) is 9.98. The molecule has 0 radical (unpaired) electrons. The molecule has 1 heterocycles. The average molecular weight is 398 g/mol. The summed E-state index contributed by atoms with van der Waals surface area (Å²) in [6.45, 7) is 0.993. The van der Waals surface area contributed by atoms with E-state index in [1.807, 2.05) is 0 Å². The lowest BCUT2D eigenvalue weighted by Crippen LogP contribution is -2.35. The Bertz CT molecular complexity index is 780. The van der Waals surface area contributed by atoms with Gasteiger partial charge in [0.15, 0.2) is 0 Å². The van der Waals surface area contributed by atoms with Gasteiger partial charge in [0.2, 0.25) is 0 Å². The maximum Gasteiger partial charge on any atom is 0.418 e. The number of para-hydroxylation sites is 1. The number of rotatable bonds is 6. The first-order chi connectivity index (χ1) is 13.2. The molecule has 2 aromatic carbocycles. The van der Waals surface area contributed by atoms with E-state index in [0.717, 1.165) is 11.6 Å². The van der Waals surface area contributed by atoms with Gasteiger partial charge >= 0.3 is 12.1 Å². The molecule has 1 saturated heterocycles. The van der Waals surface area contributed by atoms with Crippen LogP contribution in [-0.2, 0) is 22.3 Å². The molecule has 3 rings (SSSR count). The van der Waals surface area contributed by atoms with Crippen molar-refractivity contribution in [1.29, 1.82) is 0 Å². The molecule has 0 aromatic heterocycles. The van der Waals surface area contributed by atoms with Gasteiger partial charge in [-0.25, -0.2) is 0 Å². The lowest BCUT2D eigenvalue weighted by molar-refractivity contribution is -0.139. The van der Waals surface area contributed by atoms with Crippen LogP contribution in [0.4, 0.5) is 24.5 Å². The van der Waals surface area contributed by atoms with Gasteiger partial charge in [0, 0.05) is 12.2 Å². The monoisotopic (exact) mass is 398 g/mol. The Morgan fingerprint density at radius 3 is 2.29 bits per heavy atom. The van der Waals surface area contributed by atoms with Crippen molar-refractivity contribution in [3.05, 3.63) is 59.7 Å². The molecular formula is C18H21F3N4O3. The van der Waals surface area contributed by atoms with E-state index < -0.39 is 23.8 Å². The van der Waals surface area contributed by atoms with E-state index >= 15 is 0 Å². The van der Waals surface area contributed by atoms with Crippen molar-refractivity contribution in [2.24, 2.45) is 11.6 Å². The fourth-order valence-corrected chi connectivity index (χ4v) is 2.24. The maximum absolute atomic E-state index is 12.9. The molecule has 0 spiro atoms. The van der Waals surface area contributed by atoms with Crippen LogP contribution >= 0.6 is 0 Å². The van der Waals surface area contributed by atoms with Crippen LogP contribution in [0, 0.1) is 0 Å². The summed E-state index contributed by atoms with van der Waals surface area (Å²) in [5.74, 6) is 4.21. The van der Waals surface area contributed by atoms with E-state index in [1.54, 1.807) is 30.3 Å². The summed E-state index contributed by atoms with van der Waals surface area (Å²) in [6, 6.07) is 11.5. The SMILES string of the molecule is NC(C(=O)O)C1CO1.NNCc1ccc(Nc2ccccc2C(F)(F)F)cc1. The van der Waals surface area contributed by atoms with Crippen molar-refractivity contribution < 1.29 is 27.8 Å². The minimum Gasteiger partial charge on any atom is -0.480 e. The van der Waals surface area contributed by atoms with Gasteiger partial charge < -0.3 is 20.9 Å². The summed E-state index contributed by atoms with van der Waals surface area (Å²) >= 11 is 0. The van der Waals surface area contributed by atoms with E-state index in [4.69, 9.17) is 16.7 Å². The molecule has 10 heteroatoms. The molecule has 1 aliphatic heterocycles. The van der Waals surface area contributed by atoms with Crippen molar-refractivity contribution in [1.82, 2.24) is 5.43 Å². The molecule has 2 unspecified atom stereocenters. The Kier molecular flexibility index (Phi) is 7.35. The Morgan fingerprint density at radius 1 is 1.21 bits per heavy atom. The highest BCUT2D eigenvalue weighted by Gasteiger charge is 2.34. The van der Waals surface area contributed by atoms with Crippen molar-refractivity contribution in [2.45, 2.75) is 24.9 Å². The van der Waals surface area contributed by atoms with E-state index in [1.165, 1.54) is 12.1 Å². The fourth-order valence-electron chi connectivity index (χ4n) is 2.24. The number of carboxylic acid groups (broad SMARTS) is 1. The van der Waals surface area contributed by atoms with Gasteiger partial charge in [-0.3, -0.25) is 16.1 Å². The van der Waals surface area contributed by atoms with Crippen molar-refractivity contribution >= 4 is 17.3 Å². The van der Waals surface area contributed by atoms with Gasteiger partial charge in [-0.15, -0.1) is 0 Å². The second kappa shape index (κ2) is 9.51. The second-order valence-corrected chi connectivity index (χ2v) is 5.98. The number of ether oxygens (including phenoxy) is 1. The van der Waals surface area contributed by atoms with Gasteiger partial charge in [-0.05, 0) is 29.8 Å². The molecule has 28 heavy (non-hydrogen) atoms. The second-order valence-electron chi connectivity index (χ2n) is 5.98. The van der Waals surface area contributed by atoms with Crippen LogP contribution < -0.4 is 22.3 Å². The summed E-state index contributed by atoms with van der Waals surface area (Å²) in [7, 11) is 0. The third kappa shape index (κ3) is 6.50. The number of carboxylic acids is 1. The minimum atomic E-state index is -4.38. The van der Waals surface area contributed by atoms with Crippen molar-refractivity contribution in [3.63, 3.8) is 0 Å². The largest absolute Gasteiger partial charge is 0.480 e. The molecule has 0 aliphatic carbocycles. The van der Waals surface area contributed by atoms with Crippen molar-refractivity contribution in [2.75, 3.05) is 11.9 Å². The fraction of sp³-hybridized carbons (Fsp3) is 0.278. The number of alkyl halides is 3. The first-order valence-electron chi connectivity index (χ1n) is 8.28. The Labute approximate surface area is 159 Å². The van der Waals surface area contributed by atoms with Crippen LogP contribution in [0.3, 0.4) is 0 Å². The standard InChI is InChI=1S/C14H14F3N3.C4H7NO3/c15-14(16,17)12-3-1-2-4-13(12)20-11-7-5-10(6-8-11)9-19-18;5-3(4(6)7)2-1-8-2/h1-8,19-20H,9,18H2;2-3H,1,5H2,(H,6,7). The highest BCUT2D eigenvalue weighted by molar-refractivity contribution is 5.74. The zero-order chi connectivity index (χ0) is 20.7. The number of nitrogens with two attached hydrogens (primary N) is 2. The number of aliphatic carboxylic acids is 1. The normalized spacial score (nSPS) is 16.5. The molecule has 1 fully saturated rings. The highest BCUT2D eigenvalue weighted by atomic mass is 19.4. The number of hydrazine groups is 1. The first-order valence-corrected chi connectivity index (χ1v) is 8.28. The smallest absolute Gasteiger partial charge is 0.418 e. The molecule has 0 bridgehead atoms. The van der Waals surface area contributed by atoms with Gasteiger partial charge in [0.25, 0.3) is 0 Å². The molecule has 2 atom stereocenters. The van der Waals surface area contributed by atoms with E-state index in [0.29, 0.717) is 18.8 Å². The summed E-state index contributed by atoms with van der Waals surface area (Å²) in [5, 5.41) is 11.0. The molecule has 0 saturated carbocycles. The Hall–Kier alpha value is -2.66. The van der Waals surface area contributed by atoms with Gasteiger partial charge in [0.1, 0.15) is 12.1 Å². The molecule has 152 valence electrons. The zero-order valence-corrected chi connectivity index (χ0v) is 14.7. The number of hydrogen-bond acceptors (Lipinski definition) is 6.